The van der Waals surface area contributed by atoms with Crippen molar-refractivity contribution in [3.05, 3.63) is 48.8 Å². The highest BCUT2D eigenvalue weighted by atomic mass is 16.5. The second kappa shape index (κ2) is 11.0. The van der Waals surface area contributed by atoms with Crippen molar-refractivity contribution < 1.29 is 24.2 Å². The van der Waals surface area contributed by atoms with Gasteiger partial charge >= 0.3 is 5.97 Å². The SMILES string of the molecule is CCOc1ccccc1OC1CCCN(c2cncc(NC(=O)/C=C/C34CCC(C(=O)O)(CC3)CC4)n2)C1. The van der Waals surface area contributed by atoms with Gasteiger partial charge in [-0.2, -0.15) is 0 Å². The predicted octanol–water partition coefficient (Wildman–Crippen LogP) is 4.84. The number of carboxylic acids is 1. The number of rotatable bonds is 9. The molecule has 1 unspecified atom stereocenters. The fourth-order valence-electron chi connectivity index (χ4n) is 6.02. The van der Waals surface area contributed by atoms with E-state index in [4.69, 9.17) is 9.47 Å². The van der Waals surface area contributed by atoms with Crippen molar-refractivity contribution in [2.24, 2.45) is 10.8 Å². The van der Waals surface area contributed by atoms with E-state index in [1.807, 2.05) is 37.3 Å². The third-order valence-electron chi connectivity index (χ3n) is 8.36. The van der Waals surface area contributed by atoms with Crippen molar-refractivity contribution in [1.29, 1.82) is 0 Å². The number of hydrogen-bond acceptors (Lipinski definition) is 7. The Hall–Kier alpha value is -3.62. The van der Waals surface area contributed by atoms with Gasteiger partial charge in [-0.15, -0.1) is 0 Å². The van der Waals surface area contributed by atoms with Gasteiger partial charge in [0.15, 0.2) is 17.3 Å². The van der Waals surface area contributed by atoms with Crippen molar-refractivity contribution in [1.82, 2.24) is 9.97 Å². The number of allylic oxidation sites excluding steroid dienone is 1. The molecule has 3 saturated carbocycles. The molecule has 1 aromatic heterocycles. The first-order valence-corrected chi connectivity index (χ1v) is 13.6. The van der Waals surface area contributed by atoms with E-state index >= 15 is 0 Å². The lowest BCUT2D eigenvalue weighted by Crippen LogP contribution is -2.45. The van der Waals surface area contributed by atoms with Crippen molar-refractivity contribution in [3.8, 4) is 11.5 Å². The van der Waals surface area contributed by atoms with Gasteiger partial charge in [0.05, 0.1) is 31.0 Å². The molecule has 1 aromatic carbocycles. The maximum Gasteiger partial charge on any atom is 0.309 e. The van der Waals surface area contributed by atoms with Gasteiger partial charge in [0, 0.05) is 6.54 Å². The highest BCUT2D eigenvalue weighted by Gasteiger charge is 2.51. The lowest BCUT2D eigenvalue weighted by atomic mass is 9.54. The van der Waals surface area contributed by atoms with Gasteiger partial charge in [0.1, 0.15) is 11.9 Å². The van der Waals surface area contributed by atoms with Crippen LogP contribution in [-0.4, -0.2) is 52.8 Å². The summed E-state index contributed by atoms with van der Waals surface area (Å²) in [5.74, 6) is 1.65. The number of aromatic nitrogens is 2. The zero-order chi connectivity index (χ0) is 26.6. The number of ether oxygens (including phenoxy) is 2. The molecule has 2 N–H and O–H groups in total. The minimum Gasteiger partial charge on any atom is -0.490 e. The number of nitrogens with one attached hydrogen (secondary N) is 1. The Morgan fingerprint density at radius 1 is 1.13 bits per heavy atom. The Morgan fingerprint density at radius 3 is 2.58 bits per heavy atom. The summed E-state index contributed by atoms with van der Waals surface area (Å²) in [7, 11) is 0. The van der Waals surface area contributed by atoms with Crippen LogP contribution in [0, 0.1) is 10.8 Å². The van der Waals surface area contributed by atoms with E-state index in [0.717, 1.165) is 50.1 Å². The van der Waals surface area contributed by atoms with Crippen molar-refractivity contribution in [2.75, 3.05) is 29.9 Å². The first kappa shape index (κ1) is 26.0. The zero-order valence-electron chi connectivity index (χ0n) is 21.9. The largest absolute Gasteiger partial charge is 0.490 e. The molecule has 1 amide bonds. The number of carbonyl (C=O) groups is 2. The summed E-state index contributed by atoms with van der Waals surface area (Å²) in [4.78, 5) is 35.5. The monoisotopic (exact) mass is 520 g/mol. The number of carbonyl (C=O) groups excluding carboxylic acids is 1. The van der Waals surface area contributed by atoms with Crippen LogP contribution in [0.2, 0.25) is 0 Å². The number of piperidine rings is 1. The van der Waals surface area contributed by atoms with E-state index < -0.39 is 11.4 Å². The lowest BCUT2D eigenvalue weighted by molar-refractivity contribution is -0.157. The van der Waals surface area contributed by atoms with Gasteiger partial charge in [-0.05, 0) is 81.9 Å². The topological polar surface area (TPSA) is 114 Å². The van der Waals surface area contributed by atoms with Crippen LogP contribution in [0.1, 0.15) is 58.3 Å². The summed E-state index contributed by atoms with van der Waals surface area (Å²) < 4.78 is 12.0. The molecular weight excluding hydrogens is 484 g/mol. The number of para-hydroxylation sites is 2. The molecule has 202 valence electrons. The molecule has 3 aliphatic carbocycles. The smallest absolute Gasteiger partial charge is 0.309 e. The highest BCUT2D eigenvalue weighted by molar-refractivity contribution is 5.98. The number of hydrogen-bond donors (Lipinski definition) is 2. The van der Waals surface area contributed by atoms with Crippen LogP contribution in [0.25, 0.3) is 0 Å². The third-order valence-corrected chi connectivity index (χ3v) is 8.36. The van der Waals surface area contributed by atoms with Gasteiger partial charge in [0.2, 0.25) is 5.91 Å². The molecular formula is C29H36N4O5. The minimum absolute atomic E-state index is 0.0153. The number of nitrogens with zero attached hydrogens (tertiary/aromatic N) is 3. The van der Waals surface area contributed by atoms with Crippen molar-refractivity contribution in [2.45, 2.75) is 64.4 Å². The zero-order valence-corrected chi connectivity index (χ0v) is 21.9. The van der Waals surface area contributed by atoms with Crippen LogP contribution < -0.4 is 19.7 Å². The molecule has 0 radical (unpaired) electrons. The Labute approximate surface area is 223 Å². The molecule has 6 rings (SSSR count). The Bertz CT molecular complexity index is 1170. The second-order valence-corrected chi connectivity index (χ2v) is 10.7. The van der Waals surface area contributed by atoms with Gasteiger partial charge in [-0.1, -0.05) is 18.2 Å². The first-order chi connectivity index (χ1) is 18.4. The summed E-state index contributed by atoms with van der Waals surface area (Å²) in [6.07, 6.45) is 13.2. The Balaban J connectivity index is 1.18. The molecule has 2 bridgehead atoms. The van der Waals surface area contributed by atoms with E-state index in [-0.39, 0.29) is 17.4 Å². The molecule has 4 aliphatic rings. The highest BCUT2D eigenvalue weighted by Crippen LogP contribution is 2.57. The minimum atomic E-state index is -0.673. The summed E-state index contributed by atoms with van der Waals surface area (Å²) >= 11 is 0. The molecule has 1 aliphatic heterocycles. The Kier molecular flexibility index (Phi) is 7.53. The van der Waals surface area contributed by atoms with E-state index in [9.17, 15) is 14.7 Å². The molecule has 2 heterocycles. The van der Waals surface area contributed by atoms with Crippen molar-refractivity contribution >= 4 is 23.5 Å². The average molecular weight is 521 g/mol. The first-order valence-electron chi connectivity index (χ1n) is 13.6. The number of aliphatic carboxylic acids is 1. The van der Waals surface area contributed by atoms with Gasteiger partial charge in [-0.3, -0.25) is 14.6 Å². The maximum absolute atomic E-state index is 12.7. The molecule has 9 heteroatoms. The number of amides is 1. The number of anilines is 2. The van der Waals surface area contributed by atoms with Gasteiger partial charge in [-0.25, -0.2) is 4.98 Å². The molecule has 2 aromatic rings. The molecule has 0 spiro atoms. The number of carboxylic acid groups (broad SMARTS) is 1. The summed E-state index contributed by atoms with van der Waals surface area (Å²) in [6.45, 7) is 4.02. The fraction of sp³-hybridized carbons (Fsp3) is 0.517. The summed E-state index contributed by atoms with van der Waals surface area (Å²) in [5.41, 5.74) is -0.634. The van der Waals surface area contributed by atoms with E-state index in [2.05, 4.69) is 20.2 Å². The Morgan fingerprint density at radius 2 is 1.87 bits per heavy atom. The standard InChI is InChI=1S/C29H36N4O5/c1-2-37-22-7-3-4-8-23(22)38-21-6-5-17-33(20-21)25-19-30-18-24(31-25)32-26(34)9-10-28-11-14-29(15-12-28,16-13-28)27(35)36/h3-4,7-10,18-19,21H,2,5-6,11-17,20H2,1H3,(H,35,36)(H,31,32,34)/b10-9+. The van der Waals surface area contributed by atoms with Crippen LogP contribution in [0.5, 0.6) is 11.5 Å². The summed E-state index contributed by atoms with van der Waals surface area (Å²) in [5, 5.41) is 12.4. The average Bonchev–Trinajstić information content (AvgIpc) is 2.94. The van der Waals surface area contributed by atoms with Gasteiger partial charge < -0.3 is 24.8 Å². The van der Waals surface area contributed by atoms with E-state index in [1.54, 1.807) is 18.5 Å². The van der Waals surface area contributed by atoms with Crippen LogP contribution in [0.3, 0.4) is 0 Å². The maximum atomic E-state index is 12.7. The number of benzene rings is 1. The molecule has 9 nitrogen and oxygen atoms in total. The van der Waals surface area contributed by atoms with E-state index in [1.165, 1.54) is 0 Å². The number of fused-ring (bicyclic) bond motifs is 3. The fourth-order valence-corrected chi connectivity index (χ4v) is 6.02. The predicted molar refractivity (Wildman–Crippen MR) is 143 cm³/mol. The normalized spacial score (nSPS) is 26.8. The van der Waals surface area contributed by atoms with Crippen LogP contribution in [-0.2, 0) is 9.59 Å². The molecule has 4 fully saturated rings. The van der Waals surface area contributed by atoms with Gasteiger partial charge in [0.25, 0.3) is 0 Å². The third kappa shape index (κ3) is 5.61. The molecule has 38 heavy (non-hydrogen) atoms. The van der Waals surface area contributed by atoms with Crippen LogP contribution in [0.4, 0.5) is 11.6 Å². The quantitative estimate of drug-likeness (QED) is 0.452. The lowest BCUT2D eigenvalue weighted by Gasteiger charge is -2.50. The summed E-state index contributed by atoms with van der Waals surface area (Å²) in [6, 6.07) is 7.71. The van der Waals surface area contributed by atoms with Crippen LogP contribution in [0.15, 0.2) is 48.8 Å². The molecule has 1 atom stereocenters. The second-order valence-electron chi connectivity index (χ2n) is 10.7. The van der Waals surface area contributed by atoms with Crippen LogP contribution >= 0.6 is 0 Å². The molecule has 1 saturated heterocycles. The van der Waals surface area contributed by atoms with E-state index in [0.29, 0.717) is 44.0 Å². The van der Waals surface area contributed by atoms with Crippen molar-refractivity contribution in [3.63, 3.8) is 0 Å².